The van der Waals surface area contributed by atoms with E-state index in [-0.39, 0.29) is 9.87 Å². The molecule has 0 amide bonds. The Morgan fingerprint density at radius 2 is 2.05 bits per heavy atom. The molecule has 0 spiro atoms. The van der Waals surface area contributed by atoms with Gasteiger partial charge in [-0.25, -0.2) is 0 Å². The predicted octanol–water partition coefficient (Wildman–Crippen LogP) is 4.31. The second-order valence-electron chi connectivity index (χ2n) is 3.92. The molecule has 0 aliphatic heterocycles. The van der Waals surface area contributed by atoms with Gasteiger partial charge in [0.25, 0.3) is 0 Å². The zero-order valence-electron chi connectivity index (χ0n) is 9.95. The lowest BCUT2D eigenvalue weighted by Gasteiger charge is -2.10. The van der Waals surface area contributed by atoms with Crippen LogP contribution in [0.5, 0.6) is 0 Å². The van der Waals surface area contributed by atoms with Crippen LogP contribution >= 0.6 is 35.4 Å². The Labute approximate surface area is 126 Å². The Bertz CT molecular complexity index is 634. The maximum atomic E-state index is 12.7. The van der Waals surface area contributed by atoms with Crippen LogP contribution in [0.25, 0.3) is 0 Å². The van der Waals surface area contributed by atoms with E-state index < -0.39 is 11.9 Å². The maximum absolute atomic E-state index is 12.7. The monoisotopic (exact) mass is 337 g/mol. The summed E-state index contributed by atoms with van der Waals surface area (Å²) >= 11 is 11.4. The number of alkyl halides is 3. The van der Waals surface area contributed by atoms with Gasteiger partial charge in [0.1, 0.15) is 9.87 Å². The summed E-state index contributed by atoms with van der Waals surface area (Å²) < 4.78 is 41.4. The van der Waals surface area contributed by atoms with Gasteiger partial charge in [-0.15, -0.1) is 5.10 Å². The molecule has 0 radical (unpaired) electrons. The fraction of sp³-hybridized carbons (Fsp3) is 0.182. The SMILES string of the molecule is Cc1cc(Cl)cc(NC(=S)c2snnc2C(F)(F)F)c1. The highest BCUT2D eigenvalue weighted by atomic mass is 35.5. The zero-order chi connectivity index (χ0) is 14.9. The van der Waals surface area contributed by atoms with Crippen LogP contribution in [0.4, 0.5) is 18.9 Å². The first-order valence-electron chi connectivity index (χ1n) is 5.25. The molecule has 0 aliphatic carbocycles. The molecule has 1 heterocycles. The van der Waals surface area contributed by atoms with E-state index in [2.05, 4.69) is 14.9 Å². The van der Waals surface area contributed by atoms with Crippen LogP contribution in [-0.4, -0.2) is 14.6 Å². The van der Waals surface area contributed by atoms with Gasteiger partial charge in [-0.05, 0) is 42.2 Å². The highest BCUT2D eigenvalue weighted by molar-refractivity contribution is 7.81. The molecule has 1 aromatic heterocycles. The van der Waals surface area contributed by atoms with E-state index in [1.165, 1.54) is 0 Å². The molecule has 2 rings (SSSR count). The van der Waals surface area contributed by atoms with E-state index in [9.17, 15) is 13.2 Å². The van der Waals surface area contributed by atoms with E-state index in [4.69, 9.17) is 23.8 Å². The number of rotatable bonds is 2. The summed E-state index contributed by atoms with van der Waals surface area (Å²) in [6, 6.07) is 5.02. The number of nitrogens with one attached hydrogen (secondary N) is 1. The minimum atomic E-state index is -4.58. The summed E-state index contributed by atoms with van der Waals surface area (Å²) in [5.74, 6) is 0. The zero-order valence-corrected chi connectivity index (χ0v) is 12.3. The lowest BCUT2D eigenvalue weighted by Crippen LogP contribution is -2.16. The third-order valence-corrected chi connectivity index (χ3v) is 3.66. The van der Waals surface area contributed by atoms with Gasteiger partial charge in [0, 0.05) is 10.7 Å². The van der Waals surface area contributed by atoms with Crippen LogP contribution in [-0.2, 0) is 6.18 Å². The predicted molar refractivity (Wildman–Crippen MR) is 76.4 cm³/mol. The summed E-state index contributed by atoms with van der Waals surface area (Å²) in [4.78, 5) is -0.306. The van der Waals surface area contributed by atoms with Crippen molar-refractivity contribution in [3.8, 4) is 0 Å². The van der Waals surface area contributed by atoms with Gasteiger partial charge in [0.05, 0.1) is 0 Å². The molecule has 0 bridgehead atoms. The molecule has 0 atom stereocenters. The first-order chi connectivity index (χ1) is 9.27. The summed E-state index contributed by atoms with van der Waals surface area (Å²) in [6.45, 7) is 1.81. The number of anilines is 1. The molecule has 0 saturated heterocycles. The molecular formula is C11H7ClF3N3S2. The Morgan fingerprint density at radius 3 is 2.65 bits per heavy atom. The number of halogens is 4. The number of benzene rings is 1. The second kappa shape index (κ2) is 5.63. The molecular weight excluding hydrogens is 331 g/mol. The number of aryl methyl sites for hydroxylation is 1. The Hall–Kier alpha value is -1.25. The minimum absolute atomic E-state index is 0.0889. The highest BCUT2D eigenvalue weighted by Gasteiger charge is 2.38. The summed E-state index contributed by atoms with van der Waals surface area (Å²) in [5.41, 5.74) is 0.293. The first-order valence-corrected chi connectivity index (χ1v) is 6.81. The van der Waals surface area contributed by atoms with Gasteiger partial charge in [0.2, 0.25) is 0 Å². The number of hydrogen-bond acceptors (Lipinski definition) is 4. The topological polar surface area (TPSA) is 37.8 Å². The molecule has 9 heteroatoms. The summed E-state index contributed by atoms with van der Waals surface area (Å²) in [5, 5.41) is 6.26. The third kappa shape index (κ3) is 3.44. The van der Waals surface area contributed by atoms with E-state index in [1.54, 1.807) is 18.2 Å². The van der Waals surface area contributed by atoms with Crippen molar-refractivity contribution in [2.75, 3.05) is 5.32 Å². The van der Waals surface area contributed by atoms with E-state index in [0.717, 1.165) is 5.56 Å². The molecule has 106 valence electrons. The maximum Gasteiger partial charge on any atom is 0.436 e. The van der Waals surface area contributed by atoms with Crippen molar-refractivity contribution in [1.29, 1.82) is 0 Å². The number of thiocarbonyl (C=S) groups is 1. The van der Waals surface area contributed by atoms with Gasteiger partial charge >= 0.3 is 6.18 Å². The van der Waals surface area contributed by atoms with Crippen LogP contribution < -0.4 is 5.32 Å². The fourth-order valence-electron chi connectivity index (χ4n) is 1.52. The minimum Gasteiger partial charge on any atom is -0.345 e. The van der Waals surface area contributed by atoms with Gasteiger partial charge in [-0.3, -0.25) is 0 Å². The molecule has 3 nitrogen and oxygen atoms in total. The molecule has 1 aromatic carbocycles. The van der Waals surface area contributed by atoms with Crippen molar-refractivity contribution in [2.24, 2.45) is 0 Å². The summed E-state index contributed by atoms with van der Waals surface area (Å²) in [7, 11) is 0. The van der Waals surface area contributed by atoms with Crippen LogP contribution in [0.15, 0.2) is 18.2 Å². The standard InChI is InChI=1S/C11H7ClF3N3S2/c1-5-2-6(12)4-7(3-5)16-10(19)8-9(11(13,14)15)17-18-20-8/h2-4H,1H3,(H,16,19). The van der Waals surface area contributed by atoms with Gasteiger partial charge in [-0.1, -0.05) is 28.3 Å². The van der Waals surface area contributed by atoms with Crippen LogP contribution in [0.2, 0.25) is 5.02 Å². The lowest BCUT2D eigenvalue weighted by atomic mass is 10.2. The van der Waals surface area contributed by atoms with Gasteiger partial charge in [0.15, 0.2) is 5.69 Å². The molecule has 0 fully saturated rings. The molecule has 0 saturated carbocycles. The average molecular weight is 338 g/mol. The number of hydrogen-bond donors (Lipinski definition) is 1. The van der Waals surface area contributed by atoms with Crippen molar-refractivity contribution in [3.63, 3.8) is 0 Å². The van der Waals surface area contributed by atoms with Crippen molar-refractivity contribution >= 4 is 46.0 Å². The van der Waals surface area contributed by atoms with Crippen LogP contribution in [0, 0.1) is 6.92 Å². The Kier molecular flexibility index (Phi) is 4.26. The van der Waals surface area contributed by atoms with Gasteiger partial charge < -0.3 is 5.32 Å². The van der Waals surface area contributed by atoms with E-state index in [0.29, 0.717) is 22.2 Å². The van der Waals surface area contributed by atoms with Crippen LogP contribution in [0.1, 0.15) is 16.1 Å². The van der Waals surface area contributed by atoms with E-state index >= 15 is 0 Å². The summed E-state index contributed by atoms with van der Waals surface area (Å²) in [6.07, 6.45) is -4.58. The van der Waals surface area contributed by atoms with Crippen molar-refractivity contribution in [2.45, 2.75) is 13.1 Å². The quantitative estimate of drug-likeness (QED) is 0.829. The van der Waals surface area contributed by atoms with Crippen molar-refractivity contribution in [1.82, 2.24) is 9.59 Å². The van der Waals surface area contributed by atoms with Gasteiger partial charge in [-0.2, -0.15) is 13.2 Å². The van der Waals surface area contributed by atoms with E-state index in [1.807, 2.05) is 6.92 Å². The van der Waals surface area contributed by atoms with Crippen LogP contribution in [0.3, 0.4) is 0 Å². The number of nitrogens with zero attached hydrogens (tertiary/aromatic N) is 2. The smallest absolute Gasteiger partial charge is 0.345 e. The number of aromatic nitrogens is 2. The highest BCUT2D eigenvalue weighted by Crippen LogP contribution is 2.32. The normalized spacial score (nSPS) is 11.4. The molecule has 0 unspecified atom stereocenters. The molecule has 1 N–H and O–H groups in total. The fourth-order valence-corrected chi connectivity index (χ4v) is 2.72. The van der Waals surface area contributed by atoms with Crippen molar-refractivity contribution in [3.05, 3.63) is 39.4 Å². The lowest BCUT2D eigenvalue weighted by molar-refractivity contribution is -0.141. The molecule has 20 heavy (non-hydrogen) atoms. The molecule has 0 aliphatic rings. The largest absolute Gasteiger partial charge is 0.436 e. The Balaban J connectivity index is 2.27. The van der Waals surface area contributed by atoms with Crippen molar-refractivity contribution < 1.29 is 13.2 Å². The first kappa shape index (κ1) is 15.1. The Morgan fingerprint density at radius 1 is 1.35 bits per heavy atom. The second-order valence-corrected chi connectivity index (χ2v) is 5.52. The third-order valence-electron chi connectivity index (χ3n) is 2.26. The molecule has 2 aromatic rings. The average Bonchev–Trinajstić information content (AvgIpc) is 2.75.